The van der Waals surface area contributed by atoms with Gasteiger partial charge < -0.3 is 0 Å². The standard InChI is InChI=1S/C21H25N3O/c25-21(19-14-13-16-8-4-5-11-18(16)23-19)24-15-7-6-12-20(24)22-17-9-2-1-3-10-17/h6-7,12-15,17H,1-5,8-11H2. The smallest absolute Gasteiger partial charge is 0.267 e. The monoisotopic (exact) mass is 335 g/mol. The van der Waals surface area contributed by atoms with Crippen molar-refractivity contribution in [3.63, 3.8) is 0 Å². The lowest BCUT2D eigenvalue weighted by Crippen LogP contribution is -2.30. The molecule has 0 radical (unpaired) electrons. The van der Waals surface area contributed by atoms with Gasteiger partial charge in [0.15, 0.2) is 0 Å². The van der Waals surface area contributed by atoms with Crippen molar-refractivity contribution in [3.05, 3.63) is 59.0 Å². The summed E-state index contributed by atoms with van der Waals surface area (Å²) in [7, 11) is 0. The zero-order valence-corrected chi connectivity index (χ0v) is 14.7. The van der Waals surface area contributed by atoms with E-state index in [0.29, 0.717) is 11.7 Å². The van der Waals surface area contributed by atoms with E-state index >= 15 is 0 Å². The quantitative estimate of drug-likeness (QED) is 0.840. The molecule has 2 aromatic rings. The van der Waals surface area contributed by atoms with Crippen molar-refractivity contribution in [1.82, 2.24) is 9.55 Å². The molecule has 4 heteroatoms. The summed E-state index contributed by atoms with van der Waals surface area (Å²) >= 11 is 0. The number of fused-ring (bicyclic) bond motifs is 1. The first-order chi connectivity index (χ1) is 12.3. The molecule has 1 fully saturated rings. The molecular formula is C21H25N3O. The van der Waals surface area contributed by atoms with Crippen LogP contribution in [0.15, 0.2) is 41.5 Å². The second-order valence-corrected chi connectivity index (χ2v) is 7.16. The van der Waals surface area contributed by atoms with E-state index in [0.717, 1.165) is 36.9 Å². The van der Waals surface area contributed by atoms with E-state index in [1.807, 2.05) is 30.5 Å². The van der Waals surface area contributed by atoms with Crippen LogP contribution in [0.3, 0.4) is 0 Å². The fraction of sp³-hybridized carbons (Fsp3) is 0.476. The van der Waals surface area contributed by atoms with Crippen LogP contribution in [-0.4, -0.2) is 21.5 Å². The first-order valence-electron chi connectivity index (χ1n) is 9.56. The number of nitrogens with zero attached hydrogens (tertiary/aromatic N) is 3. The number of carbonyl (C=O) groups is 1. The zero-order chi connectivity index (χ0) is 17.1. The third kappa shape index (κ3) is 3.58. The van der Waals surface area contributed by atoms with Gasteiger partial charge in [0.25, 0.3) is 5.91 Å². The molecule has 0 amide bonds. The van der Waals surface area contributed by atoms with Crippen molar-refractivity contribution in [2.24, 2.45) is 4.99 Å². The molecule has 2 aliphatic carbocycles. The highest BCUT2D eigenvalue weighted by molar-refractivity contribution is 5.94. The molecule has 4 nitrogen and oxygen atoms in total. The maximum Gasteiger partial charge on any atom is 0.282 e. The maximum absolute atomic E-state index is 13.0. The average molecular weight is 335 g/mol. The predicted octanol–water partition coefficient (Wildman–Crippen LogP) is 3.68. The molecule has 2 aliphatic rings. The van der Waals surface area contributed by atoms with Crippen LogP contribution in [0.25, 0.3) is 0 Å². The maximum atomic E-state index is 13.0. The highest BCUT2D eigenvalue weighted by Gasteiger charge is 2.17. The second kappa shape index (κ2) is 7.34. The van der Waals surface area contributed by atoms with E-state index in [1.54, 1.807) is 4.57 Å². The fourth-order valence-electron chi connectivity index (χ4n) is 3.93. The van der Waals surface area contributed by atoms with Crippen LogP contribution in [-0.2, 0) is 12.8 Å². The van der Waals surface area contributed by atoms with Crippen LogP contribution >= 0.6 is 0 Å². The Labute approximate surface area is 148 Å². The highest BCUT2D eigenvalue weighted by atomic mass is 16.2. The Morgan fingerprint density at radius 3 is 2.72 bits per heavy atom. The minimum Gasteiger partial charge on any atom is -0.267 e. The number of aromatic nitrogens is 2. The normalized spacial score (nSPS) is 18.8. The number of hydrogen-bond acceptors (Lipinski definition) is 3. The predicted molar refractivity (Wildman–Crippen MR) is 97.5 cm³/mol. The van der Waals surface area contributed by atoms with Gasteiger partial charge in [-0.1, -0.05) is 31.4 Å². The van der Waals surface area contributed by atoms with Gasteiger partial charge in [-0.2, -0.15) is 0 Å². The van der Waals surface area contributed by atoms with Gasteiger partial charge in [0, 0.05) is 11.9 Å². The number of pyridine rings is 2. The molecule has 130 valence electrons. The lowest BCUT2D eigenvalue weighted by Gasteiger charge is -2.18. The van der Waals surface area contributed by atoms with Gasteiger partial charge in [-0.3, -0.25) is 14.4 Å². The molecule has 0 aliphatic heterocycles. The summed E-state index contributed by atoms with van der Waals surface area (Å²) in [6, 6.07) is 10.1. The Morgan fingerprint density at radius 2 is 1.84 bits per heavy atom. The molecule has 4 rings (SSSR count). The van der Waals surface area contributed by atoms with Gasteiger partial charge in [-0.05, 0) is 62.3 Å². The molecular weight excluding hydrogens is 310 g/mol. The third-order valence-corrected chi connectivity index (χ3v) is 5.34. The van der Waals surface area contributed by atoms with Crippen LogP contribution in [0.1, 0.15) is 66.7 Å². The van der Waals surface area contributed by atoms with Crippen molar-refractivity contribution in [2.45, 2.75) is 63.8 Å². The molecule has 2 heterocycles. The molecule has 2 aromatic heterocycles. The number of aryl methyl sites for hydroxylation is 2. The molecule has 25 heavy (non-hydrogen) atoms. The Morgan fingerprint density at radius 1 is 1.00 bits per heavy atom. The van der Waals surface area contributed by atoms with Crippen LogP contribution in [0, 0.1) is 0 Å². The summed E-state index contributed by atoms with van der Waals surface area (Å²) in [6.07, 6.45) is 12.3. The second-order valence-electron chi connectivity index (χ2n) is 7.16. The van der Waals surface area contributed by atoms with Gasteiger partial charge in [-0.25, -0.2) is 4.98 Å². The number of carbonyl (C=O) groups excluding carboxylic acids is 1. The summed E-state index contributed by atoms with van der Waals surface area (Å²) in [5.41, 5.74) is 3.67. The summed E-state index contributed by atoms with van der Waals surface area (Å²) in [5, 5.41) is 0. The largest absolute Gasteiger partial charge is 0.282 e. The van der Waals surface area contributed by atoms with E-state index < -0.39 is 0 Å². The van der Waals surface area contributed by atoms with Crippen LogP contribution in [0.4, 0.5) is 0 Å². The van der Waals surface area contributed by atoms with Gasteiger partial charge in [0.2, 0.25) is 0 Å². The van der Waals surface area contributed by atoms with Crippen molar-refractivity contribution in [2.75, 3.05) is 0 Å². The van der Waals surface area contributed by atoms with E-state index in [1.165, 1.54) is 37.7 Å². The van der Waals surface area contributed by atoms with Gasteiger partial charge in [0.1, 0.15) is 11.2 Å². The zero-order valence-electron chi connectivity index (χ0n) is 14.7. The minimum atomic E-state index is -0.0801. The highest BCUT2D eigenvalue weighted by Crippen LogP contribution is 2.20. The summed E-state index contributed by atoms with van der Waals surface area (Å²) in [5.74, 6) is -0.0801. The number of hydrogen-bond donors (Lipinski definition) is 0. The molecule has 0 atom stereocenters. The summed E-state index contributed by atoms with van der Waals surface area (Å²) in [6.45, 7) is 0. The van der Waals surface area contributed by atoms with Gasteiger partial charge >= 0.3 is 0 Å². The molecule has 0 spiro atoms. The molecule has 0 saturated heterocycles. The summed E-state index contributed by atoms with van der Waals surface area (Å²) in [4.78, 5) is 22.6. The lowest BCUT2D eigenvalue weighted by atomic mass is 9.96. The van der Waals surface area contributed by atoms with Crippen molar-refractivity contribution in [3.8, 4) is 0 Å². The van der Waals surface area contributed by atoms with Crippen LogP contribution in [0.2, 0.25) is 0 Å². The first-order valence-corrected chi connectivity index (χ1v) is 9.56. The first kappa shape index (κ1) is 16.2. The van der Waals surface area contributed by atoms with E-state index in [-0.39, 0.29) is 5.91 Å². The van der Waals surface area contributed by atoms with Gasteiger partial charge in [0.05, 0.1) is 6.04 Å². The molecule has 0 N–H and O–H groups in total. The average Bonchev–Trinajstić information content (AvgIpc) is 2.68. The van der Waals surface area contributed by atoms with Crippen molar-refractivity contribution >= 4 is 5.91 Å². The van der Waals surface area contributed by atoms with Gasteiger partial charge in [-0.15, -0.1) is 0 Å². The Balaban J connectivity index is 1.67. The number of rotatable bonds is 2. The van der Waals surface area contributed by atoms with Crippen molar-refractivity contribution in [1.29, 1.82) is 0 Å². The van der Waals surface area contributed by atoms with Crippen LogP contribution in [0.5, 0.6) is 0 Å². The minimum absolute atomic E-state index is 0.0801. The van der Waals surface area contributed by atoms with E-state index in [2.05, 4.69) is 11.1 Å². The molecule has 0 unspecified atom stereocenters. The fourth-order valence-corrected chi connectivity index (χ4v) is 3.93. The SMILES string of the molecule is O=C(c1ccc2c(n1)CCCC2)n1ccccc1=NC1CCCCC1. The lowest BCUT2D eigenvalue weighted by molar-refractivity contribution is 0.0949. The van der Waals surface area contributed by atoms with E-state index in [4.69, 9.17) is 4.99 Å². The van der Waals surface area contributed by atoms with Crippen LogP contribution < -0.4 is 5.49 Å². The molecule has 1 saturated carbocycles. The Bertz CT molecular complexity index is 831. The molecule has 0 bridgehead atoms. The Kier molecular flexibility index (Phi) is 4.77. The summed E-state index contributed by atoms with van der Waals surface area (Å²) < 4.78 is 1.66. The van der Waals surface area contributed by atoms with E-state index in [9.17, 15) is 4.79 Å². The Hall–Kier alpha value is -2.23. The van der Waals surface area contributed by atoms with Crippen molar-refractivity contribution < 1.29 is 4.79 Å². The third-order valence-electron chi connectivity index (χ3n) is 5.34. The topological polar surface area (TPSA) is 47.2 Å². The molecule has 0 aromatic carbocycles.